The first-order valence-electron chi connectivity index (χ1n) is 7.04. The van der Waals surface area contributed by atoms with Gasteiger partial charge in [-0.1, -0.05) is 13.8 Å². The lowest BCUT2D eigenvalue weighted by atomic mass is 9.71. The largest absolute Gasteiger partial charge is 0.371 e. The van der Waals surface area contributed by atoms with Gasteiger partial charge in [0.1, 0.15) is 0 Å². The minimum Gasteiger partial charge on any atom is -0.371 e. The minimum atomic E-state index is 0.00946. The number of hydrogen-bond donors (Lipinski definition) is 0. The Balaban J connectivity index is 2.04. The molecule has 0 aromatic rings. The number of carbonyl (C=O) groups excluding carboxylic acids is 2. The van der Waals surface area contributed by atoms with E-state index < -0.39 is 0 Å². The van der Waals surface area contributed by atoms with Crippen molar-refractivity contribution in [3.05, 3.63) is 11.3 Å². The summed E-state index contributed by atoms with van der Waals surface area (Å²) in [5.41, 5.74) is 1.62. The molecule has 1 atom stereocenters. The van der Waals surface area contributed by atoms with Crippen LogP contribution in [0.5, 0.6) is 0 Å². The van der Waals surface area contributed by atoms with E-state index in [0.717, 1.165) is 25.1 Å². The molecular formula is C15H21NO2. The number of carbonyl (C=O) groups is 2. The van der Waals surface area contributed by atoms with Crippen LogP contribution < -0.4 is 0 Å². The van der Waals surface area contributed by atoms with E-state index in [2.05, 4.69) is 18.7 Å². The smallest absolute Gasteiger partial charge is 0.170 e. The number of rotatable bonds is 0. The van der Waals surface area contributed by atoms with Crippen molar-refractivity contribution in [1.29, 1.82) is 0 Å². The van der Waals surface area contributed by atoms with Crippen molar-refractivity contribution >= 4 is 11.6 Å². The Bertz CT molecular complexity index is 447. The number of ketones is 2. The highest BCUT2D eigenvalue weighted by molar-refractivity contribution is 6.22. The van der Waals surface area contributed by atoms with Gasteiger partial charge >= 0.3 is 0 Å². The fourth-order valence-electron chi connectivity index (χ4n) is 3.73. The van der Waals surface area contributed by atoms with Crippen LogP contribution in [0.25, 0.3) is 0 Å². The molecule has 0 bridgehead atoms. The molecule has 3 nitrogen and oxygen atoms in total. The highest BCUT2D eigenvalue weighted by Crippen LogP contribution is 2.43. The SMILES string of the molecule is CC1(C)CC(=O)C2=C(C1)N1CCCC[C@H]1CC2=O. The lowest BCUT2D eigenvalue weighted by molar-refractivity contribution is -0.125. The molecule has 0 N–H and O–H groups in total. The quantitative estimate of drug-likeness (QED) is 0.617. The third-order valence-corrected chi connectivity index (χ3v) is 4.53. The summed E-state index contributed by atoms with van der Waals surface area (Å²) in [6.45, 7) is 5.29. The standard InChI is InChI=1S/C15H21NO2/c1-15(2)8-11-14(13(18)9-15)12(17)7-10-5-3-4-6-16(10)11/h10H,3-9H2,1-2H3/t10-/m0/s1. The molecule has 3 rings (SSSR count). The number of piperidine rings is 1. The van der Waals surface area contributed by atoms with Gasteiger partial charge in [-0.25, -0.2) is 0 Å². The lowest BCUT2D eigenvalue weighted by Gasteiger charge is -2.46. The molecule has 0 aromatic carbocycles. The van der Waals surface area contributed by atoms with Gasteiger partial charge in [-0.3, -0.25) is 9.59 Å². The van der Waals surface area contributed by atoms with E-state index in [1.165, 1.54) is 12.8 Å². The second-order valence-corrected chi connectivity index (χ2v) is 6.73. The molecule has 0 radical (unpaired) electrons. The number of Topliss-reactive ketones (excluding diaryl/α,β-unsaturated/α-hetero) is 2. The fourth-order valence-corrected chi connectivity index (χ4v) is 3.73. The Morgan fingerprint density at radius 1 is 1.11 bits per heavy atom. The van der Waals surface area contributed by atoms with Gasteiger partial charge < -0.3 is 4.90 Å². The zero-order valence-electron chi connectivity index (χ0n) is 11.3. The summed E-state index contributed by atoms with van der Waals surface area (Å²) in [6, 6.07) is 0.367. The van der Waals surface area contributed by atoms with Crippen LogP contribution in [0.1, 0.15) is 52.4 Å². The Kier molecular flexibility index (Phi) is 2.61. The van der Waals surface area contributed by atoms with Gasteiger partial charge in [0.25, 0.3) is 0 Å². The fraction of sp³-hybridized carbons (Fsp3) is 0.733. The van der Waals surface area contributed by atoms with Gasteiger partial charge in [0.2, 0.25) is 0 Å². The average Bonchev–Trinajstić information content (AvgIpc) is 2.26. The van der Waals surface area contributed by atoms with Crippen LogP contribution in [0.2, 0.25) is 0 Å². The third-order valence-electron chi connectivity index (χ3n) is 4.53. The lowest BCUT2D eigenvalue weighted by Crippen LogP contribution is -2.48. The Morgan fingerprint density at radius 3 is 2.67 bits per heavy atom. The van der Waals surface area contributed by atoms with E-state index in [0.29, 0.717) is 24.5 Å². The van der Waals surface area contributed by atoms with E-state index in [-0.39, 0.29) is 17.0 Å². The molecule has 2 heterocycles. The first-order chi connectivity index (χ1) is 8.48. The molecular weight excluding hydrogens is 226 g/mol. The molecule has 0 saturated carbocycles. The molecule has 18 heavy (non-hydrogen) atoms. The molecule has 2 aliphatic heterocycles. The predicted molar refractivity (Wildman–Crippen MR) is 69.0 cm³/mol. The normalized spacial score (nSPS) is 31.2. The van der Waals surface area contributed by atoms with E-state index in [1.807, 2.05) is 0 Å². The maximum absolute atomic E-state index is 12.2. The average molecular weight is 247 g/mol. The number of fused-ring (bicyclic) bond motifs is 2. The van der Waals surface area contributed by atoms with E-state index in [1.54, 1.807) is 0 Å². The molecule has 0 unspecified atom stereocenters. The summed E-state index contributed by atoms with van der Waals surface area (Å²) >= 11 is 0. The molecule has 3 aliphatic rings. The highest BCUT2D eigenvalue weighted by Gasteiger charge is 2.43. The molecule has 3 heteroatoms. The van der Waals surface area contributed by atoms with Crippen LogP contribution in [0, 0.1) is 5.41 Å². The van der Waals surface area contributed by atoms with Crippen molar-refractivity contribution in [3.63, 3.8) is 0 Å². The molecule has 1 fully saturated rings. The van der Waals surface area contributed by atoms with Crippen molar-refractivity contribution in [2.75, 3.05) is 6.54 Å². The molecule has 98 valence electrons. The monoisotopic (exact) mass is 247 g/mol. The van der Waals surface area contributed by atoms with E-state index in [4.69, 9.17) is 0 Å². The number of nitrogens with zero attached hydrogens (tertiary/aromatic N) is 1. The minimum absolute atomic E-state index is 0.00946. The van der Waals surface area contributed by atoms with Gasteiger partial charge in [-0.05, 0) is 31.1 Å². The van der Waals surface area contributed by atoms with Crippen molar-refractivity contribution in [2.24, 2.45) is 5.41 Å². The third kappa shape index (κ3) is 1.80. The summed E-state index contributed by atoms with van der Waals surface area (Å²) in [7, 11) is 0. The van der Waals surface area contributed by atoms with Crippen molar-refractivity contribution in [1.82, 2.24) is 4.90 Å². The van der Waals surface area contributed by atoms with Crippen LogP contribution in [0.15, 0.2) is 11.3 Å². The zero-order valence-corrected chi connectivity index (χ0v) is 11.3. The number of hydrogen-bond acceptors (Lipinski definition) is 3. The van der Waals surface area contributed by atoms with Crippen LogP contribution >= 0.6 is 0 Å². The molecule has 0 amide bonds. The van der Waals surface area contributed by atoms with Crippen LogP contribution in [0.3, 0.4) is 0 Å². The summed E-state index contributed by atoms with van der Waals surface area (Å²) < 4.78 is 0. The highest BCUT2D eigenvalue weighted by atomic mass is 16.1. The number of allylic oxidation sites excluding steroid dienone is 2. The van der Waals surface area contributed by atoms with Crippen molar-refractivity contribution in [2.45, 2.75) is 58.4 Å². The summed E-state index contributed by atoms with van der Waals surface area (Å²) in [5.74, 6) is 0.184. The van der Waals surface area contributed by atoms with Crippen molar-refractivity contribution in [3.8, 4) is 0 Å². The van der Waals surface area contributed by atoms with Gasteiger partial charge in [-0.15, -0.1) is 0 Å². The van der Waals surface area contributed by atoms with Gasteiger partial charge in [0.15, 0.2) is 11.6 Å². The molecule has 1 aliphatic carbocycles. The van der Waals surface area contributed by atoms with E-state index >= 15 is 0 Å². The Labute approximate surface area is 108 Å². The van der Waals surface area contributed by atoms with Crippen molar-refractivity contribution < 1.29 is 9.59 Å². The van der Waals surface area contributed by atoms with Gasteiger partial charge in [0, 0.05) is 31.1 Å². The van der Waals surface area contributed by atoms with Crippen LogP contribution in [0.4, 0.5) is 0 Å². The summed E-state index contributed by atoms with van der Waals surface area (Å²) in [5, 5.41) is 0. The maximum Gasteiger partial charge on any atom is 0.170 e. The second kappa shape index (κ2) is 3.94. The molecule has 1 saturated heterocycles. The second-order valence-electron chi connectivity index (χ2n) is 6.73. The van der Waals surface area contributed by atoms with Gasteiger partial charge in [-0.2, -0.15) is 0 Å². The topological polar surface area (TPSA) is 37.4 Å². The van der Waals surface area contributed by atoms with Crippen LogP contribution in [-0.2, 0) is 9.59 Å². The molecule has 0 spiro atoms. The molecule has 0 aromatic heterocycles. The Morgan fingerprint density at radius 2 is 1.89 bits per heavy atom. The Hall–Kier alpha value is -1.12. The maximum atomic E-state index is 12.2. The first kappa shape index (κ1) is 11.9. The zero-order chi connectivity index (χ0) is 12.9. The van der Waals surface area contributed by atoms with Gasteiger partial charge in [0.05, 0.1) is 5.57 Å². The van der Waals surface area contributed by atoms with E-state index in [9.17, 15) is 9.59 Å². The van der Waals surface area contributed by atoms with Crippen LogP contribution in [-0.4, -0.2) is 29.1 Å². The first-order valence-corrected chi connectivity index (χ1v) is 7.04. The summed E-state index contributed by atoms with van der Waals surface area (Å²) in [6.07, 6.45) is 5.49. The summed E-state index contributed by atoms with van der Waals surface area (Å²) in [4.78, 5) is 26.8. The predicted octanol–water partition coefficient (Wildman–Crippen LogP) is 2.46.